The largest absolute Gasteiger partial charge is 0.493 e. The maximum absolute atomic E-state index is 12.3. The minimum atomic E-state index is 0.199. The first-order valence-corrected chi connectivity index (χ1v) is 9.53. The molecule has 26 heavy (non-hydrogen) atoms. The van der Waals surface area contributed by atoms with Crippen LogP contribution in [0.4, 0.5) is 0 Å². The summed E-state index contributed by atoms with van der Waals surface area (Å²) >= 11 is 0. The van der Waals surface area contributed by atoms with Gasteiger partial charge < -0.3 is 9.64 Å². The van der Waals surface area contributed by atoms with Crippen molar-refractivity contribution in [3.05, 3.63) is 66.2 Å². The van der Waals surface area contributed by atoms with E-state index in [0.29, 0.717) is 13.0 Å². The van der Waals surface area contributed by atoms with Crippen molar-refractivity contribution < 1.29 is 9.53 Å². The highest BCUT2D eigenvalue weighted by Gasteiger charge is 2.20. The summed E-state index contributed by atoms with van der Waals surface area (Å²) in [6.45, 7) is 5.15. The molecule has 2 aromatic rings. The van der Waals surface area contributed by atoms with Gasteiger partial charge in [-0.15, -0.1) is 0 Å². The van der Waals surface area contributed by atoms with Crippen molar-refractivity contribution in [3.8, 4) is 5.75 Å². The van der Waals surface area contributed by atoms with Crippen molar-refractivity contribution in [2.24, 2.45) is 0 Å². The number of ether oxygens (including phenoxy) is 1. The molecule has 1 saturated heterocycles. The molecule has 1 aliphatic heterocycles. The Morgan fingerprint density at radius 2 is 1.54 bits per heavy atom. The summed E-state index contributed by atoms with van der Waals surface area (Å²) in [7, 11) is 0. The summed E-state index contributed by atoms with van der Waals surface area (Å²) in [6.07, 6.45) is 2.74. The molecule has 4 heteroatoms. The standard InChI is InChI=1S/C22H28N2O2/c25-22(13-19-26-21-11-5-2-6-12-21)24-17-15-23(16-18-24)14-7-10-20-8-3-1-4-9-20/h1-6,8-9,11-12H,7,10,13-19H2. The van der Waals surface area contributed by atoms with Gasteiger partial charge in [0.2, 0.25) is 5.91 Å². The summed E-state index contributed by atoms with van der Waals surface area (Å²) in [5.41, 5.74) is 1.40. The Labute approximate surface area is 156 Å². The molecule has 0 N–H and O–H groups in total. The van der Waals surface area contributed by atoms with E-state index in [1.54, 1.807) is 0 Å². The lowest BCUT2D eigenvalue weighted by atomic mass is 10.1. The summed E-state index contributed by atoms with van der Waals surface area (Å²) in [4.78, 5) is 16.8. The zero-order valence-corrected chi connectivity index (χ0v) is 15.3. The predicted octanol–water partition coefficient (Wildman–Crippen LogP) is 3.23. The summed E-state index contributed by atoms with van der Waals surface area (Å²) < 4.78 is 5.63. The molecule has 0 bridgehead atoms. The molecule has 1 heterocycles. The molecule has 138 valence electrons. The second-order valence-electron chi connectivity index (χ2n) is 6.72. The molecule has 1 amide bonds. The van der Waals surface area contributed by atoms with Crippen LogP contribution in [0.3, 0.4) is 0 Å². The van der Waals surface area contributed by atoms with Crippen molar-refractivity contribution in [1.82, 2.24) is 9.80 Å². The van der Waals surface area contributed by atoms with Gasteiger partial charge in [-0.2, -0.15) is 0 Å². The van der Waals surface area contributed by atoms with Gasteiger partial charge in [-0.05, 0) is 37.1 Å². The molecule has 0 spiro atoms. The molecule has 0 atom stereocenters. The average molecular weight is 352 g/mol. The number of para-hydroxylation sites is 1. The molecular formula is C22H28N2O2. The molecule has 0 unspecified atom stereocenters. The summed E-state index contributed by atoms with van der Waals surface area (Å²) in [6, 6.07) is 20.3. The van der Waals surface area contributed by atoms with E-state index in [2.05, 4.69) is 35.2 Å². The van der Waals surface area contributed by atoms with E-state index in [1.807, 2.05) is 35.2 Å². The molecule has 0 radical (unpaired) electrons. The Morgan fingerprint density at radius 3 is 2.23 bits per heavy atom. The topological polar surface area (TPSA) is 32.8 Å². The number of hydrogen-bond acceptors (Lipinski definition) is 3. The van der Waals surface area contributed by atoms with Crippen LogP contribution in [0, 0.1) is 0 Å². The van der Waals surface area contributed by atoms with Gasteiger partial charge in [-0.1, -0.05) is 48.5 Å². The summed E-state index contributed by atoms with van der Waals surface area (Å²) in [5, 5.41) is 0. The van der Waals surface area contributed by atoms with Gasteiger partial charge in [0.15, 0.2) is 0 Å². The van der Waals surface area contributed by atoms with Crippen LogP contribution < -0.4 is 4.74 Å². The Balaban J connectivity index is 1.29. The lowest BCUT2D eigenvalue weighted by Crippen LogP contribution is -2.49. The van der Waals surface area contributed by atoms with Gasteiger partial charge in [0.25, 0.3) is 0 Å². The lowest BCUT2D eigenvalue weighted by molar-refractivity contribution is -0.133. The number of carbonyl (C=O) groups excluding carboxylic acids is 1. The molecule has 0 saturated carbocycles. The van der Waals surface area contributed by atoms with Gasteiger partial charge in [-0.3, -0.25) is 9.69 Å². The fourth-order valence-electron chi connectivity index (χ4n) is 3.30. The molecule has 4 nitrogen and oxygen atoms in total. The molecule has 1 aliphatic rings. The highest BCUT2D eigenvalue weighted by molar-refractivity contribution is 5.76. The summed E-state index contributed by atoms with van der Waals surface area (Å²) in [5.74, 6) is 1.02. The normalized spacial score (nSPS) is 15.0. The molecule has 1 fully saturated rings. The van der Waals surface area contributed by atoms with E-state index < -0.39 is 0 Å². The van der Waals surface area contributed by atoms with Crippen LogP contribution in [0.1, 0.15) is 18.4 Å². The second-order valence-corrected chi connectivity index (χ2v) is 6.72. The third-order valence-corrected chi connectivity index (χ3v) is 4.84. The van der Waals surface area contributed by atoms with E-state index in [-0.39, 0.29) is 5.91 Å². The molecule has 0 aliphatic carbocycles. The predicted molar refractivity (Wildman–Crippen MR) is 104 cm³/mol. The third-order valence-electron chi connectivity index (χ3n) is 4.84. The first-order valence-electron chi connectivity index (χ1n) is 9.53. The maximum atomic E-state index is 12.3. The van der Waals surface area contributed by atoms with Crippen molar-refractivity contribution in [2.45, 2.75) is 19.3 Å². The molecule has 0 aromatic heterocycles. The van der Waals surface area contributed by atoms with Crippen molar-refractivity contribution >= 4 is 5.91 Å². The van der Waals surface area contributed by atoms with Crippen LogP contribution in [0.15, 0.2) is 60.7 Å². The third kappa shape index (κ3) is 5.88. The number of piperazine rings is 1. The molecule has 3 rings (SSSR count). The second kappa shape index (κ2) is 9.97. The molecule has 2 aromatic carbocycles. The number of aryl methyl sites for hydroxylation is 1. The Hall–Kier alpha value is -2.33. The van der Waals surface area contributed by atoms with Crippen LogP contribution in [-0.2, 0) is 11.2 Å². The SMILES string of the molecule is O=C(CCOc1ccccc1)N1CCN(CCCc2ccccc2)CC1. The Bertz CT molecular complexity index is 652. The quantitative estimate of drug-likeness (QED) is 0.731. The minimum absolute atomic E-state index is 0.199. The number of nitrogens with zero attached hydrogens (tertiary/aromatic N) is 2. The Morgan fingerprint density at radius 1 is 0.885 bits per heavy atom. The average Bonchev–Trinajstić information content (AvgIpc) is 2.70. The fourth-order valence-corrected chi connectivity index (χ4v) is 3.30. The monoisotopic (exact) mass is 352 g/mol. The van der Waals surface area contributed by atoms with Crippen LogP contribution in [0.2, 0.25) is 0 Å². The molecular weight excluding hydrogens is 324 g/mol. The zero-order valence-electron chi connectivity index (χ0n) is 15.3. The van der Waals surface area contributed by atoms with Crippen molar-refractivity contribution in [2.75, 3.05) is 39.3 Å². The first-order chi connectivity index (χ1) is 12.8. The van der Waals surface area contributed by atoms with E-state index in [0.717, 1.165) is 44.9 Å². The van der Waals surface area contributed by atoms with E-state index in [9.17, 15) is 4.79 Å². The maximum Gasteiger partial charge on any atom is 0.226 e. The number of carbonyl (C=O) groups is 1. The van der Waals surface area contributed by atoms with E-state index in [1.165, 1.54) is 12.0 Å². The number of amides is 1. The van der Waals surface area contributed by atoms with Crippen LogP contribution in [0.25, 0.3) is 0 Å². The minimum Gasteiger partial charge on any atom is -0.493 e. The Kier molecular flexibility index (Phi) is 7.08. The zero-order chi connectivity index (χ0) is 18.0. The van der Waals surface area contributed by atoms with Gasteiger partial charge in [0, 0.05) is 26.2 Å². The number of hydrogen-bond donors (Lipinski definition) is 0. The van der Waals surface area contributed by atoms with E-state index in [4.69, 9.17) is 4.74 Å². The van der Waals surface area contributed by atoms with Gasteiger partial charge in [-0.25, -0.2) is 0 Å². The number of rotatable bonds is 8. The van der Waals surface area contributed by atoms with Crippen LogP contribution >= 0.6 is 0 Å². The van der Waals surface area contributed by atoms with Crippen LogP contribution in [0.5, 0.6) is 5.75 Å². The fraction of sp³-hybridized carbons (Fsp3) is 0.409. The van der Waals surface area contributed by atoms with Crippen LogP contribution in [-0.4, -0.2) is 55.0 Å². The lowest BCUT2D eigenvalue weighted by Gasteiger charge is -2.34. The van der Waals surface area contributed by atoms with Crippen molar-refractivity contribution in [1.29, 1.82) is 0 Å². The highest BCUT2D eigenvalue weighted by atomic mass is 16.5. The van der Waals surface area contributed by atoms with Crippen molar-refractivity contribution in [3.63, 3.8) is 0 Å². The van der Waals surface area contributed by atoms with E-state index >= 15 is 0 Å². The first kappa shape index (κ1) is 18.5. The number of benzene rings is 2. The highest BCUT2D eigenvalue weighted by Crippen LogP contribution is 2.10. The smallest absolute Gasteiger partial charge is 0.226 e. The van der Waals surface area contributed by atoms with Gasteiger partial charge in [0.05, 0.1) is 13.0 Å². The van der Waals surface area contributed by atoms with Gasteiger partial charge in [0.1, 0.15) is 5.75 Å². The van der Waals surface area contributed by atoms with Gasteiger partial charge >= 0.3 is 0 Å².